The van der Waals surface area contributed by atoms with Crippen LogP contribution in [0.1, 0.15) is 10.4 Å². The van der Waals surface area contributed by atoms with Crippen molar-refractivity contribution in [1.29, 1.82) is 0 Å². The summed E-state index contributed by atoms with van der Waals surface area (Å²) in [7, 11) is 0. The van der Waals surface area contributed by atoms with Gasteiger partial charge in [-0.2, -0.15) is 0 Å². The molecule has 24 heavy (non-hydrogen) atoms. The zero-order chi connectivity index (χ0) is 17.1. The number of carbonyl (C=O) groups is 1. The Bertz CT molecular complexity index is 941. The molecule has 0 bridgehead atoms. The summed E-state index contributed by atoms with van der Waals surface area (Å²) in [6.45, 7) is 0. The molecule has 1 heterocycles. The maximum absolute atomic E-state index is 12.2. The Morgan fingerprint density at radius 2 is 1.83 bits per heavy atom. The molecule has 0 fully saturated rings. The third-order valence-corrected chi connectivity index (χ3v) is 4.23. The number of nitrogens with one attached hydrogen (secondary N) is 2. The predicted molar refractivity (Wildman–Crippen MR) is 102 cm³/mol. The van der Waals surface area contributed by atoms with Gasteiger partial charge in [0.15, 0.2) is 5.11 Å². The third kappa shape index (κ3) is 3.64. The van der Waals surface area contributed by atoms with E-state index >= 15 is 0 Å². The van der Waals surface area contributed by atoms with Crippen molar-refractivity contribution in [2.45, 2.75) is 0 Å². The van der Waals surface area contributed by atoms with Crippen LogP contribution in [0.2, 0.25) is 10.0 Å². The van der Waals surface area contributed by atoms with Gasteiger partial charge in [0.2, 0.25) is 0 Å². The van der Waals surface area contributed by atoms with Crippen LogP contribution in [0.15, 0.2) is 54.7 Å². The van der Waals surface area contributed by atoms with Gasteiger partial charge in [-0.1, -0.05) is 41.4 Å². The number of thiocarbonyl (C=S) groups is 1. The fourth-order valence-electron chi connectivity index (χ4n) is 2.17. The molecule has 1 amide bonds. The predicted octanol–water partition coefficient (Wildman–Crippen LogP) is 4.67. The molecule has 0 unspecified atom stereocenters. The quantitative estimate of drug-likeness (QED) is 0.639. The molecule has 0 saturated carbocycles. The second-order valence-electron chi connectivity index (χ2n) is 4.92. The van der Waals surface area contributed by atoms with E-state index in [-0.39, 0.29) is 11.0 Å². The summed E-state index contributed by atoms with van der Waals surface area (Å²) in [5.74, 6) is -0.376. The summed E-state index contributed by atoms with van der Waals surface area (Å²) in [6, 6.07) is 14.1. The maximum atomic E-state index is 12.2. The lowest BCUT2D eigenvalue weighted by molar-refractivity contribution is 0.0978. The van der Waals surface area contributed by atoms with Crippen LogP contribution in [0, 0.1) is 0 Å². The molecule has 0 saturated heterocycles. The Morgan fingerprint density at radius 3 is 2.62 bits per heavy atom. The van der Waals surface area contributed by atoms with Crippen LogP contribution in [-0.4, -0.2) is 16.0 Å². The highest BCUT2D eigenvalue weighted by molar-refractivity contribution is 7.80. The molecule has 0 radical (unpaired) electrons. The van der Waals surface area contributed by atoms with Crippen molar-refractivity contribution in [3.8, 4) is 0 Å². The summed E-state index contributed by atoms with van der Waals surface area (Å²) >= 11 is 17.0. The summed E-state index contributed by atoms with van der Waals surface area (Å²) in [4.78, 5) is 16.5. The number of nitrogens with zero attached hydrogens (tertiary/aromatic N) is 1. The van der Waals surface area contributed by atoms with Gasteiger partial charge in [0.05, 0.1) is 21.2 Å². The number of anilines is 1. The van der Waals surface area contributed by atoms with Crippen LogP contribution in [-0.2, 0) is 0 Å². The number of benzene rings is 2. The number of aromatic nitrogens is 1. The first-order valence-corrected chi connectivity index (χ1v) is 8.12. The molecule has 0 aliphatic rings. The Hall–Kier alpha value is -2.21. The largest absolute Gasteiger partial charge is 0.331 e. The minimum atomic E-state index is -0.376. The average Bonchev–Trinajstić information content (AvgIpc) is 2.57. The maximum Gasteiger partial charge on any atom is 0.257 e. The molecule has 3 rings (SSSR count). The fourth-order valence-corrected chi connectivity index (χ4v) is 2.67. The number of amides is 1. The fraction of sp³-hybridized carbons (Fsp3) is 0. The lowest BCUT2D eigenvalue weighted by Crippen LogP contribution is -2.34. The van der Waals surface area contributed by atoms with E-state index in [1.54, 1.807) is 18.3 Å². The van der Waals surface area contributed by atoms with E-state index in [1.165, 1.54) is 6.07 Å². The topological polar surface area (TPSA) is 54.0 Å². The Labute approximate surface area is 153 Å². The minimum absolute atomic E-state index is 0.171. The van der Waals surface area contributed by atoms with Crippen molar-refractivity contribution < 1.29 is 4.79 Å². The van der Waals surface area contributed by atoms with Gasteiger partial charge >= 0.3 is 0 Å². The van der Waals surface area contributed by atoms with E-state index in [0.29, 0.717) is 21.3 Å². The summed E-state index contributed by atoms with van der Waals surface area (Å²) in [5, 5.41) is 7.43. The molecule has 0 atom stereocenters. The number of pyridine rings is 1. The minimum Gasteiger partial charge on any atom is -0.331 e. The molecule has 2 aromatic carbocycles. The highest BCUT2D eigenvalue weighted by atomic mass is 35.5. The molecule has 4 nitrogen and oxygen atoms in total. The van der Waals surface area contributed by atoms with E-state index in [1.807, 2.05) is 30.3 Å². The van der Waals surface area contributed by atoms with Gasteiger partial charge in [0, 0.05) is 17.1 Å². The van der Waals surface area contributed by atoms with Crippen LogP contribution < -0.4 is 10.6 Å². The van der Waals surface area contributed by atoms with Crippen molar-refractivity contribution >= 4 is 63.0 Å². The number of rotatable bonds is 2. The second kappa shape index (κ2) is 7.13. The van der Waals surface area contributed by atoms with Crippen molar-refractivity contribution in [2.24, 2.45) is 0 Å². The molecule has 3 aromatic rings. The number of hydrogen-bond acceptors (Lipinski definition) is 3. The number of carbonyl (C=O) groups excluding carboxylic acids is 1. The molecule has 120 valence electrons. The first-order chi connectivity index (χ1) is 11.5. The van der Waals surface area contributed by atoms with Gasteiger partial charge in [-0.25, -0.2) is 0 Å². The Kier molecular flexibility index (Phi) is 4.94. The highest BCUT2D eigenvalue weighted by Crippen LogP contribution is 2.23. The standard InChI is InChI=1S/C17H11Cl2N3OS/c18-12-7-6-11(9-13(12)19)16(23)22-17(24)21-14-5-1-3-10-4-2-8-20-15(10)14/h1-9H,(H2,21,22,23,24). The molecule has 0 spiro atoms. The van der Waals surface area contributed by atoms with Gasteiger partial charge in [-0.15, -0.1) is 0 Å². The lowest BCUT2D eigenvalue weighted by atomic mass is 10.2. The average molecular weight is 376 g/mol. The first-order valence-electron chi connectivity index (χ1n) is 6.96. The summed E-state index contributed by atoms with van der Waals surface area (Å²) in [5.41, 5.74) is 1.85. The van der Waals surface area contributed by atoms with Crippen LogP contribution in [0.5, 0.6) is 0 Å². The SMILES string of the molecule is O=C(NC(=S)Nc1cccc2cccnc12)c1ccc(Cl)c(Cl)c1. The number of fused-ring (bicyclic) bond motifs is 1. The Morgan fingerprint density at radius 1 is 1.04 bits per heavy atom. The number of hydrogen-bond donors (Lipinski definition) is 2. The molecule has 7 heteroatoms. The number of para-hydroxylation sites is 1. The molecule has 0 aliphatic heterocycles. The van der Waals surface area contributed by atoms with Gasteiger partial charge in [-0.3, -0.25) is 15.1 Å². The second-order valence-corrected chi connectivity index (χ2v) is 6.14. The summed E-state index contributed by atoms with van der Waals surface area (Å²) in [6.07, 6.45) is 1.70. The molecule has 0 aliphatic carbocycles. The highest BCUT2D eigenvalue weighted by Gasteiger charge is 2.11. The lowest BCUT2D eigenvalue weighted by Gasteiger charge is -2.11. The van der Waals surface area contributed by atoms with Crippen molar-refractivity contribution in [2.75, 3.05) is 5.32 Å². The Balaban J connectivity index is 1.75. The van der Waals surface area contributed by atoms with E-state index in [0.717, 1.165) is 10.9 Å². The van der Waals surface area contributed by atoms with Crippen molar-refractivity contribution in [3.63, 3.8) is 0 Å². The first kappa shape index (κ1) is 16.6. The van der Waals surface area contributed by atoms with Gasteiger partial charge in [-0.05, 0) is 42.5 Å². The molecular weight excluding hydrogens is 365 g/mol. The molecule has 1 aromatic heterocycles. The van der Waals surface area contributed by atoms with Crippen molar-refractivity contribution in [1.82, 2.24) is 10.3 Å². The van der Waals surface area contributed by atoms with Crippen LogP contribution in [0.25, 0.3) is 10.9 Å². The monoisotopic (exact) mass is 375 g/mol. The van der Waals surface area contributed by atoms with Crippen LogP contribution in [0.3, 0.4) is 0 Å². The van der Waals surface area contributed by atoms with Crippen molar-refractivity contribution in [3.05, 3.63) is 70.3 Å². The zero-order valence-electron chi connectivity index (χ0n) is 12.2. The van der Waals surface area contributed by atoms with E-state index in [9.17, 15) is 4.79 Å². The van der Waals surface area contributed by atoms with Gasteiger partial charge in [0.25, 0.3) is 5.91 Å². The molecule has 2 N–H and O–H groups in total. The number of halogens is 2. The molecular formula is C17H11Cl2N3OS. The zero-order valence-corrected chi connectivity index (χ0v) is 14.5. The summed E-state index contributed by atoms with van der Waals surface area (Å²) < 4.78 is 0. The van der Waals surface area contributed by atoms with E-state index in [2.05, 4.69) is 15.6 Å². The van der Waals surface area contributed by atoms with Gasteiger partial charge in [0.1, 0.15) is 0 Å². The third-order valence-electron chi connectivity index (χ3n) is 3.29. The van der Waals surface area contributed by atoms with E-state index in [4.69, 9.17) is 35.4 Å². The van der Waals surface area contributed by atoms with Gasteiger partial charge < -0.3 is 5.32 Å². The van der Waals surface area contributed by atoms with Crippen LogP contribution in [0.4, 0.5) is 5.69 Å². The normalized spacial score (nSPS) is 10.4. The van der Waals surface area contributed by atoms with E-state index < -0.39 is 0 Å². The van der Waals surface area contributed by atoms with Crippen LogP contribution >= 0.6 is 35.4 Å². The smallest absolute Gasteiger partial charge is 0.257 e.